The first-order valence-electron chi connectivity index (χ1n) is 3.77. The zero-order chi connectivity index (χ0) is 8.85. The molecule has 0 bridgehead atoms. The first kappa shape index (κ1) is 10.4. The minimum absolute atomic E-state index is 0.0330. The molecule has 0 aromatic rings. The molecule has 0 radical (unpaired) electrons. The van der Waals surface area contributed by atoms with Crippen molar-refractivity contribution in [3.05, 3.63) is 0 Å². The molecule has 2 unspecified atom stereocenters. The Hall–Kier alpha value is -0.600. The highest BCUT2D eigenvalue weighted by molar-refractivity contribution is 5.65. The van der Waals surface area contributed by atoms with Crippen LogP contribution in [0.5, 0.6) is 0 Å². The minimum Gasteiger partial charge on any atom is -0.466 e. The van der Waals surface area contributed by atoms with Crippen LogP contribution in [0.25, 0.3) is 0 Å². The molecular weight excluding hydrogens is 147 g/mol. The van der Waals surface area contributed by atoms with Crippen molar-refractivity contribution in [1.29, 1.82) is 0 Å². The maximum Gasteiger partial charge on any atom is 0.302 e. The average molecular weight is 162 g/mol. The highest BCUT2D eigenvalue weighted by Gasteiger charge is 2.12. The topological polar surface area (TPSA) is 26.3 Å². The number of rotatable bonds is 4. The molecule has 0 fully saturated rings. The zero-order valence-electron chi connectivity index (χ0n) is 7.26. The molecule has 0 spiro atoms. The van der Waals surface area contributed by atoms with Gasteiger partial charge in [0.1, 0.15) is 0 Å². The normalized spacial score (nSPS) is 15.6. The van der Waals surface area contributed by atoms with Crippen molar-refractivity contribution >= 4 is 5.97 Å². The minimum atomic E-state index is -0.359. The van der Waals surface area contributed by atoms with Crippen molar-refractivity contribution in [2.45, 2.75) is 20.8 Å². The van der Waals surface area contributed by atoms with Gasteiger partial charge in [-0.05, 0) is 11.8 Å². The van der Waals surface area contributed by atoms with E-state index in [1.807, 2.05) is 6.92 Å². The Kier molecular flexibility index (Phi) is 4.83. The number of carbonyl (C=O) groups excluding carboxylic acids is 1. The van der Waals surface area contributed by atoms with Crippen LogP contribution in [0.1, 0.15) is 20.8 Å². The summed E-state index contributed by atoms with van der Waals surface area (Å²) in [6.07, 6.45) is 0. The molecule has 0 aromatic carbocycles. The van der Waals surface area contributed by atoms with Gasteiger partial charge in [-0.15, -0.1) is 0 Å². The summed E-state index contributed by atoms with van der Waals surface area (Å²) >= 11 is 0. The second-order valence-electron chi connectivity index (χ2n) is 2.91. The Balaban J connectivity index is 3.51. The second-order valence-corrected chi connectivity index (χ2v) is 2.91. The van der Waals surface area contributed by atoms with E-state index in [1.54, 1.807) is 6.92 Å². The quantitative estimate of drug-likeness (QED) is 0.589. The lowest BCUT2D eigenvalue weighted by atomic mass is 9.99. The number of ether oxygens (including phenoxy) is 1. The number of hydrogen-bond donors (Lipinski definition) is 0. The van der Waals surface area contributed by atoms with Crippen LogP contribution in [0.4, 0.5) is 4.39 Å². The van der Waals surface area contributed by atoms with Crippen LogP contribution in [0.2, 0.25) is 0 Å². The highest BCUT2D eigenvalue weighted by Crippen LogP contribution is 2.11. The molecule has 0 aliphatic rings. The van der Waals surface area contributed by atoms with E-state index in [0.29, 0.717) is 6.61 Å². The van der Waals surface area contributed by atoms with Crippen LogP contribution in [-0.2, 0) is 9.53 Å². The van der Waals surface area contributed by atoms with Gasteiger partial charge in [-0.25, -0.2) is 0 Å². The molecule has 0 aromatic heterocycles. The van der Waals surface area contributed by atoms with Crippen molar-refractivity contribution in [2.75, 3.05) is 13.3 Å². The number of hydrogen-bond acceptors (Lipinski definition) is 2. The molecule has 0 rings (SSSR count). The Morgan fingerprint density at radius 1 is 1.45 bits per heavy atom. The first-order valence-corrected chi connectivity index (χ1v) is 3.77. The van der Waals surface area contributed by atoms with Crippen molar-refractivity contribution in [3.8, 4) is 0 Å². The number of alkyl halides is 1. The van der Waals surface area contributed by atoms with E-state index >= 15 is 0 Å². The zero-order valence-corrected chi connectivity index (χ0v) is 7.26. The van der Waals surface area contributed by atoms with Gasteiger partial charge in [-0.1, -0.05) is 13.8 Å². The van der Waals surface area contributed by atoms with Crippen LogP contribution >= 0.6 is 0 Å². The predicted octanol–water partition coefficient (Wildman–Crippen LogP) is 1.79. The maximum absolute atomic E-state index is 12.0. The molecule has 0 saturated heterocycles. The Bertz CT molecular complexity index is 125. The Morgan fingerprint density at radius 2 is 2.00 bits per heavy atom. The number of carbonyl (C=O) groups is 1. The third-order valence-corrected chi connectivity index (χ3v) is 1.76. The van der Waals surface area contributed by atoms with Crippen LogP contribution < -0.4 is 0 Å². The molecule has 0 heterocycles. The molecule has 2 nitrogen and oxygen atoms in total. The van der Waals surface area contributed by atoms with Gasteiger partial charge in [-0.3, -0.25) is 9.18 Å². The molecule has 0 aliphatic carbocycles. The SMILES string of the molecule is CC(=O)OCC(C)C(C)CF. The summed E-state index contributed by atoms with van der Waals surface area (Å²) in [6, 6.07) is 0. The fraction of sp³-hybridized carbons (Fsp3) is 0.875. The molecule has 11 heavy (non-hydrogen) atoms. The van der Waals surface area contributed by atoms with Crippen LogP contribution in [0.3, 0.4) is 0 Å². The van der Waals surface area contributed by atoms with Gasteiger partial charge >= 0.3 is 5.97 Å². The lowest BCUT2D eigenvalue weighted by molar-refractivity contribution is -0.142. The summed E-state index contributed by atoms with van der Waals surface area (Å²) in [5.41, 5.74) is 0. The van der Waals surface area contributed by atoms with E-state index in [4.69, 9.17) is 4.74 Å². The molecular formula is C8H15FO2. The van der Waals surface area contributed by atoms with Crippen LogP contribution in [0, 0.1) is 11.8 Å². The van der Waals surface area contributed by atoms with Gasteiger partial charge in [-0.2, -0.15) is 0 Å². The van der Waals surface area contributed by atoms with Gasteiger partial charge < -0.3 is 4.74 Å². The smallest absolute Gasteiger partial charge is 0.302 e. The van der Waals surface area contributed by atoms with Crippen molar-refractivity contribution in [1.82, 2.24) is 0 Å². The third kappa shape index (κ3) is 4.76. The fourth-order valence-corrected chi connectivity index (χ4v) is 0.565. The lowest BCUT2D eigenvalue weighted by Gasteiger charge is -2.15. The highest BCUT2D eigenvalue weighted by atomic mass is 19.1. The monoisotopic (exact) mass is 162 g/mol. The fourth-order valence-electron chi connectivity index (χ4n) is 0.565. The number of esters is 1. The summed E-state index contributed by atoms with van der Waals surface area (Å²) in [6.45, 7) is 4.98. The van der Waals surface area contributed by atoms with E-state index in [9.17, 15) is 9.18 Å². The maximum atomic E-state index is 12.0. The molecule has 0 aliphatic heterocycles. The third-order valence-electron chi connectivity index (χ3n) is 1.76. The van der Waals surface area contributed by atoms with E-state index in [-0.39, 0.29) is 24.5 Å². The van der Waals surface area contributed by atoms with Crippen molar-refractivity contribution < 1.29 is 13.9 Å². The Morgan fingerprint density at radius 3 is 2.36 bits per heavy atom. The van der Waals surface area contributed by atoms with E-state index in [2.05, 4.69) is 0 Å². The van der Waals surface area contributed by atoms with Crippen LogP contribution in [-0.4, -0.2) is 19.3 Å². The molecule has 0 saturated carbocycles. The Labute approximate surface area is 66.7 Å². The van der Waals surface area contributed by atoms with E-state index < -0.39 is 0 Å². The predicted molar refractivity (Wildman–Crippen MR) is 40.9 cm³/mol. The summed E-state index contributed by atoms with van der Waals surface area (Å²) in [5, 5.41) is 0. The summed E-state index contributed by atoms with van der Waals surface area (Å²) in [4.78, 5) is 10.3. The van der Waals surface area contributed by atoms with Gasteiger partial charge in [0.2, 0.25) is 0 Å². The first-order chi connectivity index (χ1) is 5.07. The largest absolute Gasteiger partial charge is 0.466 e. The van der Waals surface area contributed by atoms with E-state index in [0.717, 1.165) is 0 Å². The molecule has 0 N–H and O–H groups in total. The average Bonchev–Trinajstić information content (AvgIpc) is 1.98. The molecule has 66 valence electrons. The van der Waals surface area contributed by atoms with Gasteiger partial charge in [0.25, 0.3) is 0 Å². The van der Waals surface area contributed by atoms with Crippen molar-refractivity contribution in [3.63, 3.8) is 0 Å². The van der Waals surface area contributed by atoms with Crippen molar-refractivity contribution in [2.24, 2.45) is 11.8 Å². The van der Waals surface area contributed by atoms with Crippen LogP contribution in [0.15, 0.2) is 0 Å². The summed E-state index contributed by atoms with van der Waals surface area (Å²) in [7, 11) is 0. The molecule has 0 amide bonds. The molecule has 3 heteroatoms. The van der Waals surface area contributed by atoms with Gasteiger partial charge in [0.05, 0.1) is 13.3 Å². The second kappa shape index (κ2) is 5.10. The lowest BCUT2D eigenvalue weighted by Crippen LogP contribution is -2.17. The van der Waals surface area contributed by atoms with Gasteiger partial charge in [0, 0.05) is 6.92 Å². The number of halogens is 1. The molecule has 2 atom stereocenters. The summed E-state index contributed by atoms with van der Waals surface area (Å²) < 4.78 is 16.7. The standard InChI is InChI=1S/C8H15FO2/c1-6(4-9)7(2)5-11-8(3)10/h6-7H,4-5H2,1-3H3. The van der Waals surface area contributed by atoms with E-state index in [1.165, 1.54) is 6.92 Å². The van der Waals surface area contributed by atoms with Gasteiger partial charge in [0.15, 0.2) is 0 Å². The summed E-state index contributed by atoms with van der Waals surface area (Å²) in [5.74, 6) is -0.235.